The van der Waals surface area contributed by atoms with Crippen molar-refractivity contribution in [3.63, 3.8) is 0 Å². The van der Waals surface area contributed by atoms with Gasteiger partial charge in [-0.3, -0.25) is 0 Å². The van der Waals surface area contributed by atoms with E-state index in [0.29, 0.717) is 0 Å². The molecule has 3 heteroatoms. The van der Waals surface area contributed by atoms with Crippen molar-refractivity contribution in [2.75, 3.05) is 0 Å². The lowest BCUT2D eigenvalue weighted by Crippen LogP contribution is -2.51. The minimum Gasteiger partial charge on any atom is -0.456 e. The quantitative estimate of drug-likeness (QED) is 0.136. The van der Waals surface area contributed by atoms with E-state index in [0.717, 1.165) is 27.7 Å². The van der Waals surface area contributed by atoms with E-state index in [1.807, 2.05) is 0 Å². The Morgan fingerprint density at radius 3 is 1.81 bits per heavy atom. The molecule has 246 valence electrons. The molecule has 0 fully saturated rings. The normalized spacial score (nSPS) is 14.0. The molecule has 0 saturated carbocycles. The fourth-order valence-corrected chi connectivity index (χ4v) is 12.9. The number of hydrogen-bond donors (Lipinski definition) is 0. The van der Waals surface area contributed by atoms with Gasteiger partial charge in [-0.15, -0.1) is 0 Å². The van der Waals surface area contributed by atoms with Gasteiger partial charge in [0.25, 0.3) is 0 Å². The molecule has 8 aromatic carbocycles. The fourth-order valence-electron chi connectivity index (χ4n) is 9.37. The lowest BCUT2D eigenvalue weighted by Gasteiger charge is -2.28. The Kier molecular flexibility index (Phi) is 6.21. The molecule has 0 aliphatic carbocycles. The standard InChI is InChI=1S/C49H34O2Si/c1-52(2)44-29-28-43-47(36-16-6-8-22-41(36)51-43)48(44)39-20-10-19-38(49(39)52)45(37-18-11-23-42-46(37)35-15-5-7-21-40(35)50-42)32-26-24-31(25-27-32)34-17-9-13-30-12-3-4-14-33(30)34/h3-29,45H,1-2H3. The van der Waals surface area contributed by atoms with Crippen LogP contribution in [0.4, 0.5) is 0 Å². The second-order valence-corrected chi connectivity index (χ2v) is 19.0. The van der Waals surface area contributed by atoms with Crippen LogP contribution in [0.5, 0.6) is 0 Å². The summed E-state index contributed by atoms with van der Waals surface area (Å²) in [6, 6.07) is 59.8. The summed E-state index contributed by atoms with van der Waals surface area (Å²) in [5, 5.41) is 10.3. The van der Waals surface area contributed by atoms with Gasteiger partial charge in [0.15, 0.2) is 0 Å². The maximum Gasteiger partial charge on any atom is 0.136 e. The fraction of sp³-hybridized carbons (Fsp3) is 0.0612. The Morgan fingerprint density at radius 2 is 1.02 bits per heavy atom. The van der Waals surface area contributed by atoms with Gasteiger partial charge in [-0.25, -0.2) is 0 Å². The molecule has 0 bridgehead atoms. The molecule has 1 atom stereocenters. The predicted molar refractivity (Wildman–Crippen MR) is 220 cm³/mol. The van der Waals surface area contributed by atoms with Gasteiger partial charge < -0.3 is 8.83 Å². The van der Waals surface area contributed by atoms with Crippen LogP contribution in [0, 0.1) is 0 Å². The molecule has 0 amide bonds. The zero-order chi connectivity index (χ0) is 34.6. The summed E-state index contributed by atoms with van der Waals surface area (Å²) in [6.45, 7) is 5.06. The Hall–Kier alpha value is -6.16. The topological polar surface area (TPSA) is 26.3 Å². The Bertz CT molecular complexity index is 3050. The summed E-state index contributed by atoms with van der Waals surface area (Å²) in [4.78, 5) is 0. The number of para-hydroxylation sites is 2. The molecule has 0 saturated heterocycles. The molecule has 1 aliphatic rings. The zero-order valence-corrected chi connectivity index (χ0v) is 30.0. The first-order valence-corrected chi connectivity index (χ1v) is 21.1. The summed E-state index contributed by atoms with van der Waals surface area (Å²) < 4.78 is 12.9. The van der Waals surface area contributed by atoms with Crippen LogP contribution in [-0.4, -0.2) is 8.07 Å². The maximum absolute atomic E-state index is 6.50. The SMILES string of the molecule is C[Si]1(C)c2ccc3oc4ccccc4c3c2-c2cccc(C(c3ccc(-c4cccc5ccccc45)cc3)c3cccc4oc5ccccc5c34)c21. The molecule has 11 rings (SSSR count). The minimum absolute atomic E-state index is 0.0149. The average Bonchev–Trinajstić information content (AvgIpc) is 3.83. The van der Waals surface area contributed by atoms with Crippen LogP contribution in [-0.2, 0) is 0 Å². The molecule has 2 aromatic heterocycles. The first-order chi connectivity index (χ1) is 25.6. The number of fused-ring (bicyclic) bond motifs is 11. The van der Waals surface area contributed by atoms with Crippen LogP contribution in [0.1, 0.15) is 22.6 Å². The molecule has 0 radical (unpaired) electrons. The van der Waals surface area contributed by atoms with Crippen molar-refractivity contribution >= 4 is 73.1 Å². The smallest absolute Gasteiger partial charge is 0.136 e. The van der Waals surface area contributed by atoms with Gasteiger partial charge in [0.1, 0.15) is 30.4 Å². The van der Waals surface area contributed by atoms with Crippen molar-refractivity contribution in [1.29, 1.82) is 0 Å². The monoisotopic (exact) mass is 682 g/mol. The summed E-state index contributed by atoms with van der Waals surface area (Å²) in [6.07, 6.45) is 0. The lowest BCUT2D eigenvalue weighted by atomic mass is 9.81. The molecule has 52 heavy (non-hydrogen) atoms. The molecule has 10 aromatic rings. The van der Waals surface area contributed by atoms with Crippen LogP contribution in [0.15, 0.2) is 173 Å². The molecule has 3 heterocycles. The summed E-state index contributed by atoms with van der Waals surface area (Å²) >= 11 is 0. The highest BCUT2D eigenvalue weighted by Crippen LogP contribution is 2.45. The number of furan rings is 2. The first-order valence-electron chi connectivity index (χ1n) is 18.1. The van der Waals surface area contributed by atoms with E-state index in [4.69, 9.17) is 8.83 Å². The van der Waals surface area contributed by atoms with E-state index < -0.39 is 8.07 Å². The van der Waals surface area contributed by atoms with Crippen molar-refractivity contribution in [3.8, 4) is 22.3 Å². The molecule has 1 aliphatic heterocycles. The zero-order valence-electron chi connectivity index (χ0n) is 29.0. The highest BCUT2D eigenvalue weighted by molar-refractivity contribution is 7.04. The van der Waals surface area contributed by atoms with Crippen molar-refractivity contribution in [1.82, 2.24) is 0 Å². The summed E-state index contributed by atoms with van der Waals surface area (Å²) in [7, 11) is -2.20. The van der Waals surface area contributed by atoms with E-state index in [1.54, 1.807) is 0 Å². The molecule has 2 nitrogen and oxygen atoms in total. The second-order valence-electron chi connectivity index (χ2n) is 14.8. The number of hydrogen-bond acceptors (Lipinski definition) is 2. The molecule has 0 spiro atoms. The lowest BCUT2D eigenvalue weighted by molar-refractivity contribution is 0.668. The van der Waals surface area contributed by atoms with Gasteiger partial charge in [0, 0.05) is 27.5 Å². The second kappa shape index (κ2) is 10.9. The van der Waals surface area contributed by atoms with E-state index in [9.17, 15) is 0 Å². The van der Waals surface area contributed by atoms with Crippen molar-refractivity contribution < 1.29 is 8.83 Å². The molecule has 1 unspecified atom stereocenters. The highest BCUT2D eigenvalue weighted by Gasteiger charge is 2.42. The van der Waals surface area contributed by atoms with E-state index in [-0.39, 0.29) is 5.92 Å². The maximum atomic E-state index is 6.50. The van der Waals surface area contributed by atoms with E-state index in [1.165, 1.54) is 76.2 Å². The predicted octanol–water partition coefficient (Wildman–Crippen LogP) is 12.3. The number of rotatable bonds is 4. The van der Waals surface area contributed by atoms with Crippen molar-refractivity contribution in [2.24, 2.45) is 0 Å². The summed E-state index contributed by atoms with van der Waals surface area (Å²) in [5.74, 6) is -0.0149. The third kappa shape index (κ3) is 4.11. The van der Waals surface area contributed by atoms with Crippen molar-refractivity contribution in [2.45, 2.75) is 19.0 Å². The third-order valence-electron chi connectivity index (χ3n) is 11.6. The van der Waals surface area contributed by atoms with Crippen LogP contribution in [0.25, 0.3) is 76.9 Å². The Balaban J connectivity index is 1.19. The molecule has 0 N–H and O–H groups in total. The molecular formula is C49H34O2Si. The van der Waals surface area contributed by atoms with Gasteiger partial charge in [0.2, 0.25) is 0 Å². The van der Waals surface area contributed by atoms with Crippen LogP contribution >= 0.6 is 0 Å². The van der Waals surface area contributed by atoms with Crippen LogP contribution < -0.4 is 10.4 Å². The molecular weight excluding hydrogens is 649 g/mol. The van der Waals surface area contributed by atoms with Gasteiger partial charge in [-0.1, -0.05) is 153 Å². The summed E-state index contributed by atoms with van der Waals surface area (Å²) in [5.41, 5.74) is 12.8. The Morgan fingerprint density at radius 1 is 0.442 bits per heavy atom. The van der Waals surface area contributed by atoms with E-state index in [2.05, 4.69) is 177 Å². The van der Waals surface area contributed by atoms with Crippen LogP contribution in [0.3, 0.4) is 0 Å². The number of benzene rings is 8. The van der Waals surface area contributed by atoms with E-state index >= 15 is 0 Å². The van der Waals surface area contributed by atoms with Gasteiger partial charge in [0.05, 0.1) is 0 Å². The Labute approximate surface area is 302 Å². The van der Waals surface area contributed by atoms with Gasteiger partial charge in [-0.2, -0.15) is 0 Å². The third-order valence-corrected chi connectivity index (χ3v) is 15.2. The van der Waals surface area contributed by atoms with Crippen molar-refractivity contribution in [3.05, 3.63) is 180 Å². The largest absolute Gasteiger partial charge is 0.456 e. The highest BCUT2D eigenvalue weighted by atomic mass is 28.3. The first kappa shape index (κ1) is 29.6. The van der Waals surface area contributed by atoms with Gasteiger partial charge >= 0.3 is 0 Å². The average molecular weight is 683 g/mol. The minimum atomic E-state index is -2.20. The van der Waals surface area contributed by atoms with Gasteiger partial charge in [-0.05, 0) is 84.4 Å². The van der Waals surface area contributed by atoms with Crippen LogP contribution in [0.2, 0.25) is 13.1 Å².